The molecule has 158 valence electrons. The number of aromatic nitrogens is 6. The molecule has 0 fully saturated rings. The number of benzene rings is 2. The number of amides is 1. The lowest BCUT2D eigenvalue weighted by molar-refractivity contribution is 0.102. The van der Waals surface area contributed by atoms with Gasteiger partial charge in [0.15, 0.2) is 5.82 Å². The van der Waals surface area contributed by atoms with E-state index in [1.807, 2.05) is 31.2 Å². The van der Waals surface area contributed by atoms with Crippen LogP contribution in [0.25, 0.3) is 5.69 Å². The standard InChI is InChI=1S/C21H19ClFN7O/c1-12-4-6-15(7-5-12)11-29-20(22)19(13(2)26-29)21(31)24-16-8-9-17(23)18(10-16)30-14(3)25-27-28-30/h4-10H,11H2,1-3H3,(H,24,31). The van der Waals surface area contributed by atoms with Gasteiger partial charge in [0.1, 0.15) is 16.7 Å². The molecule has 0 saturated carbocycles. The Morgan fingerprint density at radius 2 is 1.87 bits per heavy atom. The molecule has 8 nitrogen and oxygen atoms in total. The van der Waals surface area contributed by atoms with Gasteiger partial charge in [-0.1, -0.05) is 41.4 Å². The van der Waals surface area contributed by atoms with Crippen molar-refractivity contribution in [2.24, 2.45) is 0 Å². The highest BCUT2D eigenvalue weighted by Crippen LogP contribution is 2.24. The fraction of sp³-hybridized carbons (Fsp3) is 0.190. The summed E-state index contributed by atoms with van der Waals surface area (Å²) < 4.78 is 17.1. The van der Waals surface area contributed by atoms with Crippen LogP contribution < -0.4 is 5.32 Å². The van der Waals surface area contributed by atoms with Gasteiger partial charge in [0.2, 0.25) is 0 Å². The fourth-order valence-corrected chi connectivity index (χ4v) is 3.50. The maximum atomic E-state index is 14.3. The lowest BCUT2D eigenvalue weighted by Gasteiger charge is -2.09. The van der Waals surface area contributed by atoms with Crippen molar-refractivity contribution in [1.82, 2.24) is 30.0 Å². The third-order valence-corrected chi connectivity index (χ3v) is 5.19. The quantitative estimate of drug-likeness (QED) is 0.509. The molecule has 31 heavy (non-hydrogen) atoms. The van der Waals surface area contributed by atoms with Gasteiger partial charge < -0.3 is 5.32 Å². The second kappa shape index (κ2) is 8.27. The van der Waals surface area contributed by atoms with Gasteiger partial charge in [-0.2, -0.15) is 9.78 Å². The van der Waals surface area contributed by atoms with Crippen LogP contribution in [0, 0.1) is 26.6 Å². The number of nitrogens with zero attached hydrogens (tertiary/aromatic N) is 6. The first-order chi connectivity index (χ1) is 14.8. The molecule has 0 aliphatic heterocycles. The minimum Gasteiger partial charge on any atom is -0.322 e. The third kappa shape index (κ3) is 4.17. The number of carbonyl (C=O) groups is 1. The molecule has 4 rings (SSSR count). The minimum absolute atomic E-state index is 0.123. The second-order valence-electron chi connectivity index (χ2n) is 7.15. The molecule has 2 aromatic carbocycles. The van der Waals surface area contributed by atoms with Crippen LogP contribution in [0.2, 0.25) is 5.15 Å². The molecule has 1 amide bonds. The van der Waals surface area contributed by atoms with Crippen LogP contribution >= 0.6 is 11.6 Å². The van der Waals surface area contributed by atoms with E-state index in [1.54, 1.807) is 18.5 Å². The SMILES string of the molecule is Cc1ccc(Cn2nc(C)c(C(=O)Nc3ccc(F)c(-n4nnnc4C)c3)c2Cl)cc1. The zero-order valence-corrected chi connectivity index (χ0v) is 17.9. The van der Waals surface area contributed by atoms with Gasteiger partial charge in [-0.05, 0) is 55.0 Å². The van der Waals surface area contributed by atoms with E-state index in [4.69, 9.17) is 11.6 Å². The van der Waals surface area contributed by atoms with Crippen molar-refractivity contribution in [3.63, 3.8) is 0 Å². The average molecular weight is 440 g/mol. The summed E-state index contributed by atoms with van der Waals surface area (Å²) in [5.41, 5.74) is 3.42. The van der Waals surface area contributed by atoms with E-state index in [9.17, 15) is 9.18 Å². The Kier molecular flexibility index (Phi) is 5.51. The van der Waals surface area contributed by atoms with Crippen molar-refractivity contribution in [3.8, 4) is 5.69 Å². The van der Waals surface area contributed by atoms with E-state index in [0.717, 1.165) is 11.1 Å². The number of halogens is 2. The molecule has 0 unspecified atom stereocenters. The molecular weight excluding hydrogens is 421 g/mol. The lowest BCUT2D eigenvalue weighted by Crippen LogP contribution is -2.14. The average Bonchev–Trinajstić information content (AvgIpc) is 3.27. The summed E-state index contributed by atoms with van der Waals surface area (Å²) in [4.78, 5) is 12.9. The van der Waals surface area contributed by atoms with E-state index in [0.29, 0.717) is 23.8 Å². The normalized spacial score (nSPS) is 11.0. The number of hydrogen-bond donors (Lipinski definition) is 1. The molecule has 0 bridgehead atoms. The Labute approximate surface area is 182 Å². The molecule has 1 N–H and O–H groups in total. The van der Waals surface area contributed by atoms with E-state index >= 15 is 0 Å². The molecular formula is C21H19ClFN7O. The molecule has 2 heterocycles. The van der Waals surface area contributed by atoms with Crippen molar-refractivity contribution in [1.29, 1.82) is 0 Å². The smallest absolute Gasteiger partial charge is 0.260 e. The van der Waals surface area contributed by atoms with Gasteiger partial charge in [0.05, 0.1) is 17.8 Å². The molecule has 10 heteroatoms. The van der Waals surface area contributed by atoms with Gasteiger partial charge in [0.25, 0.3) is 5.91 Å². The summed E-state index contributed by atoms with van der Waals surface area (Å²) >= 11 is 6.48. The topological polar surface area (TPSA) is 90.5 Å². The minimum atomic E-state index is -0.520. The monoisotopic (exact) mass is 439 g/mol. The number of hydrogen-bond acceptors (Lipinski definition) is 5. The van der Waals surface area contributed by atoms with Gasteiger partial charge >= 0.3 is 0 Å². The molecule has 4 aromatic rings. The molecule has 2 aromatic heterocycles. The Bertz CT molecular complexity index is 1260. The summed E-state index contributed by atoms with van der Waals surface area (Å²) in [5, 5.41) is 18.4. The Morgan fingerprint density at radius 1 is 1.13 bits per heavy atom. The Morgan fingerprint density at radius 3 is 2.55 bits per heavy atom. The number of anilines is 1. The van der Waals surface area contributed by atoms with Crippen molar-refractivity contribution in [2.45, 2.75) is 27.3 Å². The molecule has 0 atom stereocenters. The zero-order chi connectivity index (χ0) is 22.1. The van der Waals surface area contributed by atoms with Crippen molar-refractivity contribution >= 4 is 23.2 Å². The second-order valence-corrected chi connectivity index (χ2v) is 7.51. The van der Waals surface area contributed by atoms with Crippen LogP contribution in [0.3, 0.4) is 0 Å². The molecule has 0 radical (unpaired) electrons. The van der Waals surface area contributed by atoms with E-state index in [1.165, 1.54) is 22.9 Å². The largest absolute Gasteiger partial charge is 0.322 e. The van der Waals surface area contributed by atoms with Crippen molar-refractivity contribution < 1.29 is 9.18 Å². The molecule has 0 spiro atoms. The van der Waals surface area contributed by atoms with Gasteiger partial charge in [-0.3, -0.25) is 4.79 Å². The first kappa shape index (κ1) is 20.7. The number of carbonyl (C=O) groups excluding carboxylic acids is 1. The van der Waals surface area contributed by atoms with Crippen LogP contribution in [0.1, 0.15) is 33.0 Å². The highest BCUT2D eigenvalue weighted by atomic mass is 35.5. The predicted octanol–water partition coefficient (Wildman–Crippen LogP) is 3.88. The van der Waals surface area contributed by atoms with Gasteiger partial charge in [-0.15, -0.1) is 5.10 Å². The summed E-state index contributed by atoms with van der Waals surface area (Å²) in [7, 11) is 0. The number of rotatable bonds is 5. The van der Waals surface area contributed by atoms with Crippen LogP contribution in [0.5, 0.6) is 0 Å². The maximum Gasteiger partial charge on any atom is 0.260 e. The molecule has 0 saturated heterocycles. The number of tetrazole rings is 1. The predicted molar refractivity (Wildman–Crippen MR) is 114 cm³/mol. The fourth-order valence-electron chi connectivity index (χ4n) is 3.18. The van der Waals surface area contributed by atoms with Crippen LogP contribution in [0.4, 0.5) is 10.1 Å². The number of nitrogens with one attached hydrogen (secondary N) is 1. The van der Waals surface area contributed by atoms with Crippen molar-refractivity contribution in [3.05, 3.63) is 81.6 Å². The first-order valence-corrected chi connectivity index (χ1v) is 9.86. The van der Waals surface area contributed by atoms with E-state index < -0.39 is 11.7 Å². The summed E-state index contributed by atoms with van der Waals surface area (Å²) in [5.74, 6) is -0.546. The Balaban J connectivity index is 1.59. The van der Waals surface area contributed by atoms with Crippen molar-refractivity contribution in [2.75, 3.05) is 5.32 Å². The highest BCUT2D eigenvalue weighted by Gasteiger charge is 2.21. The summed E-state index contributed by atoms with van der Waals surface area (Å²) in [6.07, 6.45) is 0. The van der Waals surface area contributed by atoms with Crippen LogP contribution in [0.15, 0.2) is 42.5 Å². The first-order valence-electron chi connectivity index (χ1n) is 9.48. The summed E-state index contributed by atoms with van der Waals surface area (Å²) in [6.45, 7) is 5.81. The highest BCUT2D eigenvalue weighted by molar-refractivity contribution is 6.33. The van der Waals surface area contributed by atoms with Gasteiger partial charge in [0, 0.05) is 5.69 Å². The molecule has 0 aliphatic carbocycles. The molecule has 0 aliphatic rings. The van der Waals surface area contributed by atoms with E-state index in [2.05, 4.69) is 25.9 Å². The zero-order valence-electron chi connectivity index (χ0n) is 17.1. The maximum absolute atomic E-state index is 14.3. The lowest BCUT2D eigenvalue weighted by atomic mass is 10.1. The third-order valence-electron chi connectivity index (χ3n) is 4.80. The number of aryl methyl sites for hydroxylation is 3. The Hall–Kier alpha value is -3.59. The van der Waals surface area contributed by atoms with E-state index in [-0.39, 0.29) is 16.4 Å². The van der Waals surface area contributed by atoms with Gasteiger partial charge in [-0.25, -0.2) is 9.07 Å². The van der Waals surface area contributed by atoms with Crippen LogP contribution in [-0.4, -0.2) is 35.9 Å². The summed E-state index contributed by atoms with van der Waals surface area (Å²) in [6, 6.07) is 12.1. The van der Waals surface area contributed by atoms with Crippen LogP contribution in [-0.2, 0) is 6.54 Å².